The Balaban J connectivity index is 1.19. The molecule has 3 heterocycles. The summed E-state index contributed by atoms with van der Waals surface area (Å²) in [5.74, 6) is 0.513. The second-order valence-corrected chi connectivity index (χ2v) is 9.23. The minimum Gasteiger partial charge on any atom is -0.490 e. The van der Waals surface area contributed by atoms with Crippen molar-refractivity contribution in [2.75, 3.05) is 32.8 Å². The molecule has 2 aromatic rings. The molecule has 0 spiro atoms. The van der Waals surface area contributed by atoms with Gasteiger partial charge in [-0.25, -0.2) is 4.79 Å². The van der Waals surface area contributed by atoms with Gasteiger partial charge in [0, 0.05) is 37.7 Å². The molecule has 1 aromatic carbocycles. The second-order valence-electron chi connectivity index (χ2n) is 9.23. The van der Waals surface area contributed by atoms with Crippen molar-refractivity contribution in [3.8, 4) is 11.8 Å². The van der Waals surface area contributed by atoms with E-state index in [1.165, 1.54) is 6.20 Å². The van der Waals surface area contributed by atoms with Crippen LogP contribution in [0.15, 0.2) is 30.5 Å². The maximum atomic E-state index is 12.2. The number of imidazole rings is 1. The van der Waals surface area contributed by atoms with Gasteiger partial charge in [0.1, 0.15) is 24.2 Å². The van der Waals surface area contributed by atoms with Crippen LogP contribution in [-0.2, 0) is 17.8 Å². The quantitative estimate of drug-likeness (QED) is 0.479. The lowest BCUT2D eigenvalue weighted by atomic mass is 10.2. The summed E-state index contributed by atoms with van der Waals surface area (Å²) in [5.41, 5.74) is 0.683. The van der Waals surface area contributed by atoms with Gasteiger partial charge in [0.25, 0.3) is 0 Å². The SMILES string of the molecule is CC(C)(C)OC(=O)N1CCN(Cc2ccc(OCC3Cn4cc([N+](=O)[O-])nc4O3)cc2)CC1. The van der Waals surface area contributed by atoms with Gasteiger partial charge in [-0.1, -0.05) is 12.1 Å². The predicted molar refractivity (Wildman–Crippen MR) is 118 cm³/mol. The average Bonchev–Trinajstić information content (AvgIpc) is 3.32. The summed E-state index contributed by atoms with van der Waals surface area (Å²) in [6.07, 6.45) is 0.878. The molecule has 2 aliphatic heterocycles. The highest BCUT2D eigenvalue weighted by Crippen LogP contribution is 2.25. The lowest BCUT2D eigenvalue weighted by molar-refractivity contribution is -0.389. The summed E-state index contributed by atoms with van der Waals surface area (Å²) in [7, 11) is 0. The molecule has 33 heavy (non-hydrogen) atoms. The molecule has 1 saturated heterocycles. The predicted octanol–water partition coefficient (Wildman–Crippen LogP) is 2.68. The van der Waals surface area contributed by atoms with Crippen molar-refractivity contribution in [3.63, 3.8) is 0 Å². The number of amides is 1. The normalized spacial score (nSPS) is 18.5. The van der Waals surface area contributed by atoms with Gasteiger partial charge in [-0.2, -0.15) is 0 Å². The van der Waals surface area contributed by atoms with Gasteiger partial charge < -0.3 is 29.2 Å². The van der Waals surface area contributed by atoms with E-state index in [9.17, 15) is 14.9 Å². The topological polar surface area (TPSA) is 112 Å². The Morgan fingerprint density at radius 1 is 1.21 bits per heavy atom. The maximum absolute atomic E-state index is 12.2. The monoisotopic (exact) mass is 459 g/mol. The summed E-state index contributed by atoms with van der Waals surface area (Å²) in [4.78, 5) is 30.3. The first-order valence-corrected chi connectivity index (χ1v) is 11.0. The van der Waals surface area contributed by atoms with Gasteiger partial charge >= 0.3 is 17.9 Å². The number of ether oxygens (including phenoxy) is 3. The van der Waals surface area contributed by atoms with E-state index in [1.807, 2.05) is 45.0 Å². The summed E-state index contributed by atoms with van der Waals surface area (Å²) < 4.78 is 18.5. The maximum Gasteiger partial charge on any atom is 0.414 e. The number of benzene rings is 1. The molecule has 11 nitrogen and oxygen atoms in total. The Labute approximate surface area is 192 Å². The molecule has 11 heteroatoms. The molecule has 1 atom stereocenters. The number of nitro groups is 1. The largest absolute Gasteiger partial charge is 0.490 e. The zero-order chi connectivity index (χ0) is 23.6. The molecule has 4 rings (SSSR count). The van der Waals surface area contributed by atoms with E-state index in [1.54, 1.807) is 9.47 Å². The third-order valence-corrected chi connectivity index (χ3v) is 5.38. The number of piperazine rings is 1. The van der Waals surface area contributed by atoms with Gasteiger partial charge in [-0.15, -0.1) is 0 Å². The Hall–Kier alpha value is -3.34. The third kappa shape index (κ3) is 5.92. The zero-order valence-electron chi connectivity index (χ0n) is 19.1. The Morgan fingerprint density at radius 3 is 2.52 bits per heavy atom. The van der Waals surface area contributed by atoms with Gasteiger partial charge in [-0.05, 0) is 43.4 Å². The highest BCUT2D eigenvalue weighted by atomic mass is 16.6. The van der Waals surface area contributed by atoms with Crippen LogP contribution in [0, 0.1) is 10.1 Å². The van der Waals surface area contributed by atoms with Crippen LogP contribution in [0.2, 0.25) is 0 Å². The Kier molecular flexibility index (Phi) is 6.41. The molecule has 0 N–H and O–H groups in total. The smallest absolute Gasteiger partial charge is 0.414 e. The fourth-order valence-electron chi connectivity index (χ4n) is 3.74. The van der Waals surface area contributed by atoms with E-state index in [-0.39, 0.29) is 24.0 Å². The van der Waals surface area contributed by atoms with Crippen LogP contribution in [0.25, 0.3) is 0 Å². The lowest BCUT2D eigenvalue weighted by Gasteiger charge is -2.35. The number of rotatable bonds is 6. The molecule has 1 aromatic heterocycles. The molecule has 2 aliphatic rings. The minimum absolute atomic E-state index is 0.216. The first-order valence-electron chi connectivity index (χ1n) is 11.0. The number of carbonyl (C=O) groups excluding carboxylic acids is 1. The summed E-state index contributed by atoms with van der Waals surface area (Å²) in [6, 6.07) is 8.14. The Bertz CT molecular complexity index is 968. The van der Waals surface area contributed by atoms with Crippen molar-refractivity contribution in [1.82, 2.24) is 19.4 Å². The van der Waals surface area contributed by atoms with E-state index in [0.717, 1.165) is 30.9 Å². The number of hydrogen-bond acceptors (Lipinski definition) is 8. The van der Waals surface area contributed by atoms with Crippen molar-refractivity contribution in [2.45, 2.75) is 45.6 Å². The first kappa shape index (κ1) is 22.8. The van der Waals surface area contributed by atoms with E-state index >= 15 is 0 Å². The summed E-state index contributed by atoms with van der Waals surface area (Å²) in [5, 5.41) is 10.8. The van der Waals surface area contributed by atoms with E-state index < -0.39 is 10.5 Å². The molecule has 0 radical (unpaired) electrons. The van der Waals surface area contributed by atoms with Crippen molar-refractivity contribution >= 4 is 11.9 Å². The lowest BCUT2D eigenvalue weighted by Crippen LogP contribution is -2.49. The van der Waals surface area contributed by atoms with E-state index in [4.69, 9.17) is 14.2 Å². The van der Waals surface area contributed by atoms with Crippen LogP contribution < -0.4 is 9.47 Å². The second kappa shape index (κ2) is 9.26. The van der Waals surface area contributed by atoms with Crippen molar-refractivity contribution < 1.29 is 23.9 Å². The molecule has 178 valence electrons. The number of aromatic nitrogens is 2. The van der Waals surface area contributed by atoms with Gasteiger partial charge in [0.15, 0.2) is 6.10 Å². The number of carbonyl (C=O) groups is 1. The summed E-state index contributed by atoms with van der Waals surface area (Å²) >= 11 is 0. The standard InChI is InChI=1S/C22H29N5O6/c1-22(2,3)33-21(28)25-10-8-24(9-11-25)12-16-4-6-17(7-5-16)31-15-18-13-26-14-19(27(29)30)23-20(26)32-18/h4-7,14,18H,8-13,15H2,1-3H3. The van der Waals surface area contributed by atoms with Crippen LogP contribution in [-0.4, -0.2) is 74.9 Å². The van der Waals surface area contributed by atoms with Crippen LogP contribution in [0.5, 0.6) is 11.8 Å². The highest BCUT2D eigenvalue weighted by Gasteiger charge is 2.31. The molecular formula is C22H29N5O6. The molecular weight excluding hydrogens is 430 g/mol. The fourth-order valence-corrected chi connectivity index (χ4v) is 3.74. The molecule has 0 aliphatic carbocycles. The first-order chi connectivity index (χ1) is 15.7. The number of hydrogen-bond donors (Lipinski definition) is 0. The third-order valence-electron chi connectivity index (χ3n) is 5.38. The Morgan fingerprint density at radius 2 is 1.91 bits per heavy atom. The highest BCUT2D eigenvalue weighted by molar-refractivity contribution is 5.68. The van der Waals surface area contributed by atoms with Crippen molar-refractivity contribution in [2.24, 2.45) is 0 Å². The summed E-state index contributed by atoms with van der Waals surface area (Å²) in [6.45, 7) is 10.1. The molecule has 1 unspecified atom stereocenters. The van der Waals surface area contributed by atoms with Gasteiger partial charge in [0.05, 0.1) is 6.54 Å². The molecule has 0 saturated carbocycles. The van der Waals surface area contributed by atoms with E-state index in [2.05, 4.69) is 9.88 Å². The van der Waals surface area contributed by atoms with Crippen LogP contribution >= 0.6 is 0 Å². The minimum atomic E-state index is -0.539. The molecule has 1 amide bonds. The average molecular weight is 460 g/mol. The molecule has 1 fully saturated rings. The fraction of sp³-hybridized carbons (Fsp3) is 0.545. The van der Waals surface area contributed by atoms with Gasteiger partial charge in [-0.3, -0.25) is 9.47 Å². The van der Waals surface area contributed by atoms with Crippen molar-refractivity contribution in [1.29, 1.82) is 0 Å². The van der Waals surface area contributed by atoms with Crippen molar-refractivity contribution in [3.05, 3.63) is 46.1 Å². The van der Waals surface area contributed by atoms with Crippen LogP contribution in [0.1, 0.15) is 26.3 Å². The number of fused-ring (bicyclic) bond motifs is 1. The van der Waals surface area contributed by atoms with Crippen LogP contribution in [0.3, 0.4) is 0 Å². The number of nitrogens with zero attached hydrogens (tertiary/aromatic N) is 5. The van der Waals surface area contributed by atoms with Gasteiger partial charge in [0.2, 0.25) is 0 Å². The van der Waals surface area contributed by atoms with Crippen LogP contribution in [0.4, 0.5) is 10.6 Å². The zero-order valence-corrected chi connectivity index (χ0v) is 19.1. The molecule has 0 bridgehead atoms. The van der Waals surface area contributed by atoms with E-state index in [0.29, 0.717) is 26.2 Å².